The number of rotatable bonds is 6. The number of hydrogen-bond acceptors (Lipinski definition) is 3. The van der Waals surface area contributed by atoms with Gasteiger partial charge < -0.3 is 15.0 Å². The molecule has 0 radical (unpaired) electrons. The van der Waals surface area contributed by atoms with Gasteiger partial charge in [0.15, 0.2) is 5.96 Å². The molecule has 2 unspecified atom stereocenters. The number of nitrogens with one attached hydrogen (secondary N) is 1. The maximum absolute atomic E-state index is 5.95. The fourth-order valence-corrected chi connectivity index (χ4v) is 3.75. The molecule has 5 nitrogen and oxygen atoms in total. The van der Waals surface area contributed by atoms with Gasteiger partial charge in [0.2, 0.25) is 0 Å². The Morgan fingerprint density at radius 1 is 1.24 bits per heavy atom. The summed E-state index contributed by atoms with van der Waals surface area (Å²) in [5, 5.41) is 3.46. The van der Waals surface area contributed by atoms with Crippen molar-refractivity contribution in [2.45, 2.75) is 45.3 Å². The average molecular weight is 345 g/mol. The Kier molecular flexibility index (Phi) is 6.56. The molecule has 0 spiro atoms. The molecule has 1 N–H and O–H groups in total. The Hall–Kier alpha value is -1.75. The van der Waals surface area contributed by atoms with E-state index < -0.39 is 0 Å². The Morgan fingerprint density at radius 3 is 2.72 bits per heavy atom. The Morgan fingerprint density at radius 2 is 2.00 bits per heavy atom. The van der Waals surface area contributed by atoms with Crippen molar-refractivity contribution in [3.05, 3.63) is 30.3 Å². The molecule has 5 heteroatoms. The predicted octanol–water partition coefficient (Wildman–Crippen LogP) is 2.59. The summed E-state index contributed by atoms with van der Waals surface area (Å²) in [4.78, 5) is 9.92. The summed E-state index contributed by atoms with van der Waals surface area (Å²) < 4.78 is 5.95. The minimum Gasteiger partial charge on any atom is -0.489 e. The number of para-hydroxylation sites is 1. The van der Waals surface area contributed by atoms with Gasteiger partial charge in [-0.2, -0.15) is 0 Å². The molecule has 0 aromatic heterocycles. The molecule has 0 saturated carbocycles. The van der Waals surface area contributed by atoms with Gasteiger partial charge in [-0.25, -0.2) is 4.99 Å². The third kappa shape index (κ3) is 5.11. The first-order chi connectivity index (χ1) is 12.3. The van der Waals surface area contributed by atoms with E-state index in [1.165, 1.54) is 32.4 Å². The number of hydrogen-bond donors (Lipinski definition) is 1. The van der Waals surface area contributed by atoms with E-state index in [0.29, 0.717) is 12.6 Å². The lowest BCUT2D eigenvalue weighted by molar-refractivity contribution is 0.229. The van der Waals surface area contributed by atoms with Crippen LogP contribution in [-0.2, 0) is 0 Å². The van der Waals surface area contributed by atoms with E-state index in [9.17, 15) is 0 Å². The second-order valence-electron chi connectivity index (χ2n) is 7.07. The molecule has 2 aliphatic heterocycles. The minimum absolute atomic E-state index is 0.0630. The van der Waals surface area contributed by atoms with Crippen LogP contribution >= 0.6 is 0 Å². The molecule has 0 amide bonds. The summed E-state index contributed by atoms with van der Waals surface area (Å²) in [6.07, 6.45) is 4.03. The van der Waals surface area contributed by atoms with Crippen LogP contribution in [0.5, 0.6) is 5.75 Å². The first-order valence-electron chi connectivity index (χ1n) is 9.75. The number of ether oxygens (including phenoxy) is 1. The van der Waals surface area contributed by atoms with Gasteiger partial charge >= 0.3 is 0 Å². The molecule has 2 fully saturated rings. The summed E-state index contributed by atoms with van der Waals surface area (Å²) in [5.41, 5.74) is 0. The van der Waals surface area contributed by atoms with Crippen molar-refractivity contribution in [1.82, 2.24) is 15.1 Å². The minimum atomic E-state index is 0.0630. The molecular formula is C20H32N4O. The van der Waals surface area contributed by atoms with Gasteiger partial charge in [0, 0.05) is 25.7 Å². The monoisotopic (exact) mass is 344 g/mol. The van der Waals surface area contributed by atoms with E-state index in [4.69, 9.17) is 9.73 Å². The maximum atomic E-state index is 5.95. The van der Waals surface area contributed by atoms with Crippen LogP contribution in [0.2, 0.25) is 0 Å². The summed E-state index contributed by atoms with van der Waals surface area (Å²) in [6, 6.07) is 10.7. The fraction of sp³-hybridized carbons (Fsp3) is 0.650. The van der Waals surface area contributed by atoms with Crippen LogP contribution < -0.4 is 10.1 Å². The van der Waals surface area contributed by atoms with Crippen LogP contribution in [0, 0.1) is 0 Å². The molecule has 2 saturated heterocycles. The normalized spacial score (nSPS) is 23.0. The first-order valence-corrected chi connectivity index (χ1v) is 9.75. The molecule has 138 valence electrons. The molecule has 2 atom stereocenters. The lowest BCUT2D eigenvalue weighted by Gasteiger charge is -2.25. The lowest BCUT2D eigenvalue weighted by Crippen LogP contribution is -2.43. The van der Waals surface area contributed by atoms with Gasteiger partial charge in [-0.3, -0.25) is 4.90 Å². The number of benzene rings is 1. The van der Waals surface area contributed by atoms with E-state index in [0.717, 1.165) is 31.3 Å². The standard InChI is InChI=1S/C20H32N4O/c1-3-21-20(22-15-17(2)25-19-9-5-4-6-10-19)24-14-11-18(16-24)23-12-7-8-13-23/h4-6,9-10,17-18H,3,7-8,11-16H2,1-2H3,(H,21,22). The largest absolute Gasteiger partial charge is 0.489 e. The molecule has 2 heterocycles. The van der Waals surface area contributed by atoms with E-state index in [1.54, 1.807) is 0 Å². The van der Waals surface area contributed by atoms with Crippen molar-refractivity contribution in [2.75, 3.05) is 39.3 Å². The second-order valence-corrected chi connectivity index (χ2v) is 7.07. The third-order valence-corrected chi connectivity index (χ3v) is 5.03. The molecule has 1 aromatic carbocycles. The summed E-state index contributed by atoms with van der Waals surface area (Å²) in [7, 11) is 0. The van der Waals surface area contributed by atoms with Crippen LogP contribution in [-0.4, -0.2) is 67.2 Å². The zero-order valence-corrected chi connectivity index (χ0v) is 15.7. The Bertz CT molecular complexity index is 542. The highest BCUT2D eigenvalue weighted by Gasteiger charge is 2.30. The Labute approximate surface area is 152 Å². The lowest BCUT2D eigenvalue weighted by atomic mass is 10.2. The van der Waals surface area contributed by atoms with E-state index in [2.05, 4.69) is 29.0 Å². The third-order valence-electron chi connectivity index (χ3n) is 5.03. The maximum Gasteiger partial charge on any atom is 0.194 e. The molecule has 0 aliphatic carbocycles. The van der Waals surface area contributed by atoms with Crippen molar-refractivity contribution in [1.29, 1.82) is 0 Å². The van der Waals surface area contributed by atoms with Gasteiger partial charge in [-0.1, -0.05) is 18.2 Å². The summed E-state index contributed by atoms with van der Waals surface area (Å²) >= 11 is 0. The average Bonchev–Trinajstić information content (AvgIpc) is 3.30. The van der Waals surface area contributed by atoms with Crippen LogP contribution in [0.3, 0.4) is 0 Å². The highest BCUT2D eigenvalue weighted by Crippen LogP contribution is 2.20. The number of nitrogens with zero attached hydrogens (tertiary/aromatic N) is 3. The van der Waals surface area contributed by atoms with E-state index >= 15 is 0 Å². The van der Waals surface area contributed by atoms with Gasteiger partial charge in [0.1, 0.15) is 11.9 Å². The smallest absolute Gasteiger partial charge is 0.194 e. The summed E-state index contributed by atoms with van der Waals surface area (Å²) in [6.45, 7) is 10.5. The van der Waals surface area contributed by atoms with Gasteiger partial charge in [-0.15, -0.1) is 0 Å². The van der Waals surface area contributed by atoms with Crippen molar-refractivity contribution in [3.63, 3.8) is 0 Å². The topological polar surface area (TPSA) is 40.1 Å². The second kappa shape index (κ2) is 9.09. The first kappa shape index (κ1) is 18.1. The van der Waals surface area contributed by atoms with Gasteiger partial charge in [-0.05, 0) is 58.3 Å². The Balaban J connectivity index is 1.53. The number of guanidine groups is 1. The van der Waals surface area contributed by atoms with Crippen molar-refractivity contribution in [3.8, 4) is 5.75 Å². The van der Waals surface area contributed by atoms with E-state index in [-0.39, 0.29) is 6.10 Å². The number of aliphatic imine (C=N–C) groups is 1. The molecule has 0 bridgehead atoms. The highest BCUT2D eigenvalue weighted by molar-refractivity contribution is 5.80. The van der Waals surface area contributed by atoms with Crippen LogP contribution in [0.4, 0.5) is 0 Å². The molecule has 1 aromatic rings. The van der Waals surface area contributed by atoms with E-state index in [1.807, 2.05) is 30.3 Å². The zero-order valence-electron chi connectivity index (χ0n) is 15.7. The number of likely N-dealkylation sites (tertiary alicyclic amines) is 2. The highest BCUT2D eigenvalue weighted by atomic mass is 16.5. The van der Waals surface area contributed by atoms with Crippen LogP contribution in [0.25, 0.3) is 0 Å². The van der Waals surface area contributed by atoms with Gasteiger partial charge in [0.25, 0.3) is 0 Å². The fourth-order valence-electron chi connectivity index (χ4n) is 3.75. The predicted molar refractivity (Wildman–Crippen MR) is 103 cm³/mol. The van der Waals surface area contributed by atoms with Crippen molar-refractivity contribution in [2.24, 2.45) is 4.99 Å². The molecule has 3 rings (SSSR count). The molecule has 25 heavy (non-hydrogen) atoms. The zero-order chi connectivity index (χ0) is 17.5. The van der Waals surface area contributed by atoms with Crippen LogP contribution in [0.1, 0.15) is 33.1 Å². The molecular weight excluding hydrogens is 312 g/mol. The van der Waals surface area contributed by atoms with Crippen molar-refractivity contribution < 1.29 is 4.74 Å². The van der Waals surface area contributed by atoms with Crippen LogP contribution in [0.15, 0.2) is 35.3 Å². The van der Waals surface area contributed by atoms with Gasteiger partial charge in [0.05, 0.1) is 6.54 Å². The molecule has 2 aliphatic rings. The van der Waals surface area contributed by atoms with Crippen molar-refractivity contribution >= 4 is 5.96 Å². The summed E-state index contributed by atoms with van der Waals surface area (Å²) in [5.74, 6) is 1.94. The quantitative estimate of drug-likeness (QED) is 0.636. The SMILES string of the molecule is CCNC(=NCC(C)Oc1ccccc1)N1CCC(N2CCCC2)C1.